The van der Waals surface area contributed by atoms with Gasteiger partial charge < -0.3 is 5.32 Å². The molecule has 0 unspecified atom stereocenters. The van der Waals surface area contributed by atoms with E-state index >= 15 is 0 Å². The molecule has 0 atom stereocenters. The average molecular weight is 274 g/mol. The van der Waals surface area contributed by atoms with E-state index < -0.39 is 17.7 Å². The first-order valence-corrected chi connectivity index (χ1v) is 6.26. The SMILES string of the molecule is O=C(Nc1ccc(F)cc1F)N1CCc2ccccc21. The molecule has 0 aromatic heterocycles. The van der Waals surface area contributed by atoms with Gasteiger partial charge in [-0.15, -0.1) is 0 Å². The van der Waals surface area contributed by atoms with E-state index in [0.717, 1.165) is 29.8 Å². The van der Waals surface area contributed by atoms with Gasteiger partial charge in [0.15, 0.2) is 0 Å². The lowest BCUT2D eigenvalue weighted by molar-refractivity contribution is 0.257. The second-order valence-corrected chi connectivity index (χ2v) is 4.58. The topological polar surface area (TPSA) is 32.3 Å². The Bertz CT molecular complexity index is 673. The van der Waals surface area contributed by atoms with E-state index in [1.807, 2.05) is 24.3 Å². The Morgan fingerprint density at radius 1 is 1.15 bits per heavy atom. The molecule has 1 N–H and O–H groups in total. The molecule has 2 aromatic carbocycles. The zero-order valence-corrected chi connectivity index (χ0v) is 10.6. The maximum absolute atomic E-state index is 13.5. The molecule has 1 aliphatic rings. The smallest absolute Gasteiger partial charge is 0.305 e. The molecule has 0 aliphatic carbocycles. The molecule has 20 heavy (non-hydrogen) atoms. The van der Waals surface area contributed by atoms with Crippen molar-refractivity contribution in [3.05, 3.63) is 59.7 Å². The Labute approximate surface area is 114 Å². The third-order valence-corrected chi connectivity index (χ3v) is 3.31. The van der Waals surface area contributed by atoms with Gasteiger partial charge in [0.25, 0.3) is 0 Å². The van der Waals surface area contributed by atoms with Gasteiger partial charge in [-0.1, -0.05) is 18.2 Å². The van der Waals surface area contributed by atoms with Gasteiger partial charge in [-0.05, 0) is 30.2 Å². The van der Waals surface area contributed by atoms with Gasteiger partial charge in [0.05, 0.1) is 5.69 Å². The number of fused-ring (bicyclic) bond motifs is 1. The lowest BCUT2D eigenvalue weighted by Gasteiger charge is -2.18. The monoisotopic (exact) mass is 274 g/mol. The molecule has 5 heteroatoms. The normalized spacial score (nSPS) is 13.2. The van der Waals surface area contributed by atoms with Crippen molar-refractivity contribution >= 4 is 17.4 Å². The molecule has 3 nitrogen and oxygen atoms in total. The Morgan fingerprint density at radius 3 is 2.75 bits per heavy atom. The van der Waals surface area contributed by atoms with E-state index in [1.54, 1.807) is 4.90 Å². The predicted molar refractivity (Wildman–Crippen MR) is 72.9 cm³/mol. The summed E-state index contributed by atoms with van der Waals surface area (Å²) in [6.07, 6.45) is 0.773. The number of anilines is 2. The van der Waals surface area contributed by atoms with Crippen LogP contribution in [0.25, 0.3) is 0 Å². The average Bonchev–Trinajstić information content (AvgIpc) is 2.86. The number of benzene rings is 2. The molecule has 0 saturated heterocycles. The van der Waals surface area contributed by atoms with E-state index in [0.29, 0.717) is 6.54 Å². The summed E-state index contributed by atoms with van der Waals surface area (Å²) in [6, 6.07) is 10.2. The van der Waals surface area contributed by atoms with Gasteiger partial charge in [0.1, 0.15) is 11.6 Å². The van der Waals surface area contributed by atoms with Crippen molar-refractivity contribution in [1.82, 2.24) is 0 Å². The van der Waals surface area contributed by atoms with Gasteiger partial charge >= 0.3 is 6.03 Å². The van der Waals surface area contributed by atoms with Crippen LogP contribution in [-0.2, 0) is 6.42 Å². The standard InChI is InChI=1S/C15H12F2N2O/c16-11-5-6-13(12(17)9-11)18-15(20)19-8-7-10-3-1-2-4-14(10)19/h1-6,9H,7-8H2,(H,18,20). The number of urea groups is 1. The highest BCUT2D eigenvalue weighted by Gasteiger charge is 2.24. The Hall–Kier alpha value is -2.43. The fourth-order valence-electron chi connectivity index (χ4n) is 2.32. The van der Waals surface area contributed by atoms with Crippen molar-refractivity contribution in [3.8, 4) is 0 Å². The number of carbonyl (C=O) groups excluding carboxylic acids is 1. The molecule has 0 spiro atoms. The van der Waals surface area contributed by atoms with E-state index in [9.17, 15) is 13.6 Å². The molecule has 2 aromatic rings. The Balaban J connectivity index is 1.81. The fourth-order valence-corrected chi connectivity index (χ4v) is 2.32. The van der Waals surface area contributed by atoms with Crippen LogP contribution in [0.4, 0.5) is 25.0 Å². The minimum atomic E-state index is -0.786. The lowest BCUT2D eigenvalue weighted by Crippen LogP contribution is -2.33. The van der Waals surface area contributed by atoms with Crippen molar-refractivity contribution in [2.75, 3.05) is 16.8 Å². The van der Waals surface area contributed by atoms with E-state index in [1.165, 1.54) is 6.07 Å². The first-order chi connectivity index (χ1) is 9.65. The first kappa shape index (κ1) is 12.6. The van der Waals surface area contributed by atoms with Crippen LogP contribution in [0, 0.1) is 11.6 Å². The number of hydrogen-bond acceptors (Lipinski definition) is 1. The van der Waals surface area contributed by atoms with Crippen molar-refractivity contribution in [2.24, 2.45) is 0 Å². The molecule has 2 amide bonds. The number of nitrogens with one attached hydrogen (secondary N) is 1. The minimum Gasteiger partial charge on any atom is -0.305 e. The number of para-hydroxylation sites is 1. The Kier molecular flexibility index (Phi) is 3.10. The first-order valence-electron chi connectivity index (χ1n) is 6.26. The highest BCUT2D eigenvalue weighted by atomic mass is 19.1. The molecule has 1 heterocycles. The maximum Gasteiger partial charge on any atom is 0.326 e. The third-order valence-electron chi connectivity index (χ3n) is 3.31. The van der Waals surface area contributed by atoms with Crippen LogP contribution in [0.1, 0.15) is 5.56 Å². The lowest BCUT2D eigenvalue weighted by atomic mass is 10.2. The number of nitrogens with zero attached hydrogens (tertiary/aromatic N) is 1. The second-order valence-electron chi connectivity index (χ2n) is 4.58. The van der Waals surface area contributed by atoms with Crippen molar-refractivity contribution in [3.63, 3.8) is 0 Å². The molecule has 0 radical (unpaired) electrons. The molecule has 0 bridgehead atoms. The summed E-state index contributed by atoms with van der Waals surface area (Å²) >= 11 is 0. The Morgan fingerprint density at radius 2 is 1.95 bits per heavy atom. The summed E-state index contributed by atoms with van der Waals surface area (Å²) in [5.41, 5.74) is 1.88. The fraction of sp³-hybridized carbons (Fsp3) is 0.133. The van der Waals surface area contributed by atoms with E-state index in [4.69, 9.17) is 0 Å². The van der Waals surface area contributed by atoms with Crippen LogP contribution in [0.2, 0.25) is 0 Å². The number of carbonyl (C=O) groups is 1. The molecular formula is C15H12F2N2O. The van der Waals surface area contributed by atoms with Gasteiger partial charge in [0, 0.05) is 18.3 Å². The summed E-state index contributed by atoms with van der Waals surface area (Å²) in [5.74, 6) is -1.46. The number of amides is 2. The summed E-state index contributed by atoms with van der Waals surface area (Å²) in [6.45, 7) is 0.550. The van der Waals surface area contributed by atoms with E-state index in [2.05, 4.69) is 5.32 Å². The van der Waals surface area contributed by atoms with Crippen LogP contribution >= 0.6 is 0 Å². The number of rotatable bonds is 1. The third kappa shape index (κ3) is 2.22. The number of hydrogen-bond donors (Lipinski definition) is 1. The summed E-state index contributed by atoms with van der Waals surface area (Å²) in [7, 11) is 0. The quantitative estimate of drug-likeness (QED) is 0.847. The summed E-state index contributed by atoms with van der Waals surface area (Å²) < 4.78 is 26.3. The summed E-state index contributed by atoms with van der Waals surface area (Å²) in [4.78, 5) is 13.7. The number of halogens is 2. The second kappa shape index (κ2) is 4.92. The van der Waals surface area contributed by atoms with Crippen LogP contribution < -0.4 is 10.2 Å². The molecule has 3 rings (SSSR count). The van der Waals surface area contributed by atoms with Gasteiger partial charge in [-0.2, -0.15) is 0 Å². The van der Waals surface area contributed by atoms with Crippen LogP contribution in [0.15, 0.2) is 42.5 Å². The van der Waals surface area contributed by atoms with Crippen LogP contribution in [-0.4, -0.2) is 12.6 Å². The molecule has 1 aliphatic heterocycles. The molecular weight excluding hydrogens is 262 g/mol. The van der Waals surface area contributed by atoms with Crippen molar-refractivity contribution < 1.29 is 13.6 Å². The molecule has 0 saturated carbocycles. The van der Waals surface area contributed by atoms with Gasteiger partial charge in [0.2, 0.25) is 0 Å². The van der Waals surface area contributed by atoms with E-state index in [-0.39, 0.29) is 5.69 Å². The van der Waals surface area contributed by atoms with Crippen LogP contribution in [0.5, 0.6) is 0 Å². The highest BCUT2D eigenvalue weighted by molar-refractivity contribution is 6.03. The zero-order valence-electron chi connectivity index (χ0n) is 10.6. The predicted octanol–water partition coefficient (Wildman–Crippen LogP) is 3.56. The molecule has 0 fully saturated rings. The van der Waals surface area contributed by atoms with Crippen molar-refractivity contribution in [1.29, 1.82) is 0 Å². The minimum absolute atomic E-state index is 0.0271. The van der Waals surface area contributed by atoms with Crippen molar-refractivity contribution in [2.45, 2.75) is 6.42 Å². The van der Waals surface area contributed by atoms with Gasteiger partial charge in [-0.25, -0.2) is 13.6 Å². The molecule has 102 valence electrons. The van der Waals surface area contributed by atoms with Crippen LogP contribution in [0.3, 0.4) is 0 Å². The highest BCUT2D eigenvalue weighted by Crippen LogP contribution is 2.28. The zero-order chi connectivity index (χ0) is 14.1. The summed E-state index contributed by atoms with van der Waals surface area (Å²) in [5, 5.41) is 2.47. The maximum atomic E-state index is 13.5. The van der Waals surface area contributed by atoms with Gasteiger partial charge in [-0.3, -0.25) is 4.90 Å². The largest absolute Gasteiger partial charge is 0.326 e.